The molecule has 0 radical (unpaired) electrons. The third-order valence-corrected chi connectivity index (χ3v) is 5.56. The Morgan fingerprint density at radius 3 is 2.90 bits per heavy atom. The van der Waals surface area contributed by atoms with Crippen molar-refractivity contribution in [3.63, 3.8) is 0 Å². The number of benzene rings is 1. The van der Waals surface area contributed by atoms with Crippen LogP contribution in [0.4, 0.5) is 10.2 Å². The first kappa shape index (κ1) is 20.1. The molecule has 3 aromatic rings. The van der Waals surface area contributed by atoms with Crippen molar-refractivity contribution in [2.45, 2.75) is 39.7 Å². The van der Waals surface area contributed by atoms with Crippen molar-refractivity contribution in [2.24, 2.45) is 5.92 Å². The summed E-state index contributed by atoms with van der Waals surface area (Å²) in [4.78, 5) is 7.06. The van der Waals surface area contributed by atoms with Crippen molar-refractivity contribution >= 4 is 23.1 Å². The summed E-state index contributed by atoms with van der Waals surface area (Å²) in [7, 11) is 0. The number of nitrogens with one attached hydrogen (secondary N) is 1. The molecule has 156 valence electrons. The van der Waals surface area contributed by atoms with Crippen molar-refractivity contribution in [3.8, 4) is 0 Å². The molecule has 1 aliphatic rings. The molecule has 6 nitrogen and oxygen atoms in total. The van der Waals surface area contributed by atoms with Gasteiger partial charge in [0.15, 0.2) is 11.5 Å². The summed E-state index contributed by atoms with van der Waals surface area (Å²) in [6, 6.07) is 6.97. The monoisotopic (exact) mass is 407 g/mol. The molecule has 2 aromatic heterocycles. The Hall–Kier alpha value is -3.22. The molecule has 0 amide bonds. The van der Waals surface area contributed by atoms with Crippen molar-refractivity contribution in [1.29, 1.82) is 5.41 Å². The lowest BCUT2D eigenvalue weighted by atomic mass is 9.99. The normalized spacial score (nSPS) is 16.4. The molecule has 1 aliphatic heterocycles. The topological polar surface area (TPSA) is 66.5 Å². The van der Waals surface area contributed by atoms with Crippen LogP contribution in [0.15, 0.2) is 43.2 Å². The molecule has 1 saturated heterocycles. The minimum atomic E-state index is -0.218. The van der Waals surface area contributed by atoms with Gasteiger partial charge in [0, 0.05) is 18.7 Å². The van der Waals surface area contributed by atoms with E-state index in [9.17, 15) is 4.39 Å². The van der Waals surface area contributed by atoms with E-state index >= 15 is 0 Å². The number of rotatable bonds is 5. The van der Waals surface area contributed by atoms with Crippen LogP contribution in [0, 0.1) is 24.1 Å². The first-order valence-electron chi connectivity index (χ1n) is 10.2. The van der Waals surface area contributed by atoms with Crippen molar-refractivity contribution in [1.82, 2.24) is 14.6 Å². The van der Waals surface area contributed by atoms with E-state index in [1.807, 2.05) is 39.1 Å². The third-order valence-electron chi connectivity index (χ3n) is 5.56. The molecule has 1 atom stereocenters. The second-order valence-corrected chi connectivity index (χ2v) is 8.01. The van der Waals surface area contributed by atoms with Gasteiger partial charge in [0.25, 0.3) is 0 Å². The maximum absolute atomic E-state index is 13.9. The molecule has 0 bridgehead atoms. The fourth-order valence-electron chi connectivity index (χ4n) is 3.86. The molecule has 4 rings (SSSR count). The highest BCUT2D eigenvalue weighted by Gasteiger charge is 2.29. The number of hydrogen-bond donors (Lipinski definition) is 1. The van der Waals surface area contributed by atoms with Crippen molar-refractivity contribution < 1.29 is 9.13 Å². The summed E-state index contributed by atoms with van der Waals surface area (Å²) >= 11 is 0. The Kier molecular flexibility index (Phi) is 5.28. The van der Waals surface area contributed by atoms with Crippen LogP contribution < -0.4 is 4.90 Å². The highest BCUT2D eigenvalue weighted by Crippen LogP contribution is 2.37. The molecule has 3 heterocycles. The molecule has 1 unspecified atom stereocenters. The van der Waals surface area contributed by atoms with Gasteiger partial charge in [0.05, 0.1) is 17.8 Å². The van der Waals surface area contributed by atoms with Gasteiger partial charge in [-0.25, -0.2) is 13.9 Å². The lowest BCUT2D eigenvalue weighted by Gasteiger charge is -2.27. The van der Waals surface area contributed by atoms with Crippen LogP contribution in [-0.4, -0.2) is 27.0 Å². The average molecular weight is 407 g/mol. The Morgan fingerprint density at radius 1 is 1.33 bits per heavy atom. The zero-order valence-electron chi connectivity index (χ0n) is 17.5. The van der Waals surface area contributed by atoms with Crippen molar-refractivity contribution in [2.75, 3.05) is 11.4 Å². The predicted octanol–water partition coefficient (Wildman–Crippen LogP) is 5.14. The van der Waals surface area contributed by atoms with E-state index in [1.54, 1.807) is 16.8 Å². The van der Waals surface area contributed by atoms with Gasteiger partial charge >= 0.3 is 0 Å². The van der Waals surface area contributed by atoms with E-state index in [0.717, 1.165) is 36.3 Å². The van der Waals surface area contributed by atoms with Crippen LogP contribution in [0.5, 0.6) is 0 Å². The van der Waals surface area contributed by atoms with Crippen LogP contribution >= 0.6 is 0 Å². The van der Waals surface area contributed by atoms with Gasteiger partial charge in [-0.3, -0.25) is 5.41 Å². The minimum absolute atomic E-state index is 0.0352. The largest absolute Gasteiger partial charge is 0.443 e. The van der Waals surface area contributed by atoms with Gasteiger partial charge in [0.2, 0.25) is 0 Å². The first-order chi connectivity index (χ1) is 14.3. The maximum atomic E-state index is 13.9. The van der Waals surface area contributed by atoms with Gasteiger partial charge < -0.3 is 9.64 Å². The highest BCUT2D eigenvalue weighted by molar-refractivity contribution is 5.83. The Balaban J connectivity index is 1.68. The van der Waals surface area contributed by atoms with Gasteiger partial charge in [-0.1, -0.05) is 26.5 Å². The molecular formula is C23H26FN5O. The van der Waals surface area contributed by atoms with Crippen LogP contribution in [0.2, 0.25) is 0 Å². The Bertz CT molecular complexity index is 1120. The third kappa shape index (κ3) is 3.67. The number of fused-ring (bicyclic) bond motifs is 1. The lowest BCUT2D eigenvalue weighted by Crippen LogP contribution is -2.24. The maximum Gasteiger partial charge on any atom is 0.189 e. The number of anilines is 1. The molecule has 30 heavy (non-hydrogen) atoms. The molecule has 1 fully saturated rings. The standard InChI is InChI=1S/C23H26FN5O/c1-14(2)22(25)30-16(4)19-13-26-29-11-9-21(27-23(19)29)28-10-5-6-20(28)18-12-17(24)8-7-15(18)3/h7-9,11-14,20,25H,4-6,10H2,1-3H3. The molecule has 1 aromatic carbocycles. The molecule has 0 spiro atoms. The van der Waals surface area contributed by atoms with E-state index in [4.69, 9.17) is 15.1 Å². The summed E-state index contributed by atoms with van der Waals surface area (Å²) in [6.07, 6.45) is 5.47. The van der Waals surface area contributed by atoms with E-state index in [1.165, 1.54) is 6.07 Å². The number of ether oxygens (including phenoxy) is 1. The highest BCUT2D eigenvalue weighted by atomic mass is 19.1. The minimum Gasteiger partial charge on any atom is -0.443 e. The van der Waals surface area contributed by atoms with Gasteiger partial charge in [-0.15, -0.1) is 0 Å². The average Bonchev–Trinajstić information content (AvgIpc) is 3.36. The lowest BCUT2D eigenvalue weighted by molar-refractivity contribution is 0.464. The van der Waals surface area contributed by atoms with E-state index < -0.39 is 0 Å². The van der Waals surface area contributed by atoms with Crippen LogP contribution in [0.25, 0.3) is 11.4 Å². The predicted molar refractivity (Wildman–Crippen MR) is 116 cm³/mol. The zero-order chi connectivity index (χ0) is 21.4. The summed E-state index contributed by atoms with van der Waals surface area (Å²) < 4.78 is 21.2. The fourth-order valence-corrected chi connectivity index (χ4v) is 3.86. The first-order valence-corrected chi connectivity index (χ1v) is 10.2. The quantitative estimate of drug-likeness (QED) is 0.361. The Morgan fingerprint density at radius 2 is 2.13 bits per heavy atom. The molecule has 0 saturated carbocycles. The van der Waals surface area contributed by atoms with Crippen LogP contribution in [0.1, 0.15) is 49.4 Å². The molecule has 7 heteroatoms. The van der Waals surface area contributed by atoms with E-state index in [2.05, 4.69) is 16.6 Å². The van der Waals surface area contributed by atoms with Crippen LogP contribution in [0.3, 0.4) is 0 Å². The van der Waals surface area contributed by atoms with Gasteiger partial charge in [-0.2, -0.15) is 5.10 Å². The summed E-state index contributed by atoms with van der Waals surface area (Å²) in [5, 5.41) is 12.3. The molecular weight excluding hydrogens is 381 g/mol. The van der Waals surface area contributed by atoms with Crippen LogP contribution in [-0.2, 0) is 4.74 Å². The SMILES string of the molecule is C=C(OC(=N)C(C)C)c1cnn2ccc(N3CCCC3c3cc(F)ccc3C)nc12. The van der Waals surface area contributed by atoms with E-state index in [-0.39, 0.29) is 23.7 Å². The number of hydrogen-bond acceptors (Lipinski definition) is 5. The van der Waals surface area contributed by atoms with E-state index in [0.29, 0.717) is 17.0 Å². The Labute approximate surface area is 175 Å². The van der Waals surface area contributed by atoms with Gasteiger partial charge in [-0.05, 0) is 49.1 Å². The smallest absolute Gasteiger partial charge is 0.189 e. The number of aromatic nitrogens is 3. The second-order valence-electron chi connectivity index (χ2n) is 8.01. The zero-order valence-corrected chi connectivity index (χ0v) is 17.5. The summed E-state index contributed by atoms with van der Waals surface area (Å²) in [5.74, 6) is 1.06. The number of nitrogens with zero attached hydrogens (tertiary/aromatic N) is 4. The second kappa shape index (κ2) is 7.89. The number of halogens is 1. The summed E-state index contributed by atoms with van der Waals surface area (Å²) in [5.41, 5.74) is 3.35. The van der Waals surface area contributed by atoms with Crippen molar-refractivity contribution in [3.05, 3.63) is 65.7 Å². The number of aryl methyl sites for hydroxylation is 1. The molecule has 0 aliphatic carbocycles. The fraction of sp³-hybridized carbons (Fsp3) is 0.348. The van der Waals surface area contributed by atoms with Gasteiger partial charge in [0.1, 0.15) is 17.4 Å². The molecule has 1 N–H and O–H groups in total. The summed E-state index contributed by atoms with van der Waals surface area (Å²) in [6.45, 7) is 10.6.